The van der Waals surface area contributed by atoms with E-state index in [-0.39, 0.29) is 0 Å². The zero-order chi connectivity index (χ0) is 14.8. The van der Waals surface area contributed by atoms with E-state index in [2.05, 4.69) is 18.7 Å². The van der Waals surface area contributed by atoms with Crippen molar-refractivity contribution in [3.05, 3.63) is 35.9 Å². The molecule has 1 aromatic carbocycles. The quantitative estimate of drug-likeness (QED) is 0.873. The van der Waals surface area contributed by atoms with E-state index >= 15 is 0 Å². The first-order valence-electron chi connectivity index (χ1n) is 7.33. The van der Waals surface area contributed by atoms with E-state index in [1.165, 1.54) is 6.42 Å². The van der Waals surface area contributed by atoms with Crippen LogP contribution in [0.15, 0.2) is 30.3 Å². The molecule has 0 bridgehead atoms. The Morgan fingerprint density at radius 2 is 2.00 bits per heavy atom. The van der Waals surface area contributed by atoms with Gasteiger partial charge >= 0.3 is 0 Å². The molecule has 4 nitrogen and oxygen atoms in total. The zero-order valence-corrected chi connectivity index (χ0v) is 12.4. The lowest BCUT2D eigenvalue weighted by molar-refractivity contribution is -0.124. The molecule has 1 fully saturated rings. The van der Waals surface area contributed by atoms with Crippen LogP contribution in [0.5, 0.6) is 0 Å². The standard InChI is InChI=1S/C16H25N3O/c1-12-7-6-10-19(13(12)2)11-16(18,15(17)20)14-8-4-3-5-9-14/h3-5,8-9,12-13H,6-7,10-11,18H2,1-2H3,(H2,17,20). The van der Waals surface area contributed by atoms with Crippen LogP contribution in [0.3, 0.4) is 0 Å². The molecule has 2 rings (SSSR count). The van der Waals surface area contributed by atoms with Crippen molar-refractivity contribution in [2.45, 2.75) is 38.3 Å². The van der Waals surface area contributed by atoms with E-state index in [4.69, 9.17) is 11.5 Å². The number of likely N-dealkylation sites (tertiary alicyclic amines) is 1. The van der Waals surface area contributed by atoms with E-state index in [1.54, 1.807) is 0 Å². The third-order valence-corrected chi connectivity index (χ3v) is 4.69. The van der Waals surface area contributed by atoms with Gasteiger partial charge in [-0.05, 0) is 37.8 Å². The topological polar surface area (TPSA) is 72.3 Å². The van der Waals surface area contributed by atoms with Crippen LogP contribution < -0.4 is 11.5 Å². The summed E-state index contributed by atoms with van der Waals surface area (Å²) >= 11 is 0. The number of carbonyl (C=O) groups is 1. The minimum absolute atomic E-state index is 0.426. The smallest absolute Gasteiger partial charge is 0.243 e. The average Bonchev–Trinajstić information content (AvgIpc) is 2.44. The van der Waals surface area contributed by atoms with Gasteiger partial charge in [-0.3, -0.25) is 9.69 Å². The molecular formula is C16H25N3O. The maximum atomic E-state index is 12.0. The first kappa shape index (κ1) is 15.0. The summed E-state index contributed by atoms with van der Waals surface area (Å²) in [6.07, 6.45) is 2.38. The number of amides is 1. The van der Waals surface area contributed by atoms with Crippen LogP contribution in [0.25, 0.3) is 0 Å². The normalized spacial score (nSPS) is 26.9. The minimum Gasteiger partial charge on any atom is -0.368 e. The van der Waals surface area contributed by atoms with Crippen molar-refractivity contribution >= 4 is 5.91 Å². The maximum absolute atomic E-state index is 12.0. The molecule has 1 amide bonds. The Labute approximate surface area is 121 Å². The molecule has 1 saturated heterocycles. The van der Waals surface area contributed by atoms with Crippen LogP contribution in [0.1, 0.15) is 32.3 Å². The largest absolute Gasteiger partial charge is 0.368 e. The minimum atomic E-state index is -1.12. The van der Waals surface area contributed by atoms with Crippen molar-refractivity contribution in [3.63, 3.8) is 0 Å². The predicted molar refractivity (Wildman–Crippen MR) is 80.9 cm³/mol. The van der Waals surface area contributed by atoms with Gasteiger partial charge < -0.3 is 11.5 Å². The molecule has 0 aliphatic carbocycles. The van der Waals surface area contributed by atoms with Crippen LogP contribution in [0.2, 0.25) is 0 Å². The first-order valence-corrected chi connectivity index (χ1v) is 7.33. The number of rotatable bonds is 4. The lowest BCUT2D eigenvalue weighted by Gasteiger charge is -2.42. The van der Waals surface area contributed by atoms with Crippen molar-refractivity contribution in [2.75, 3.05) is 13.1 Å². The third-order valence-electron chi connectivity index (χ3n) is 4.69. The fraction of sp³-hybridized carbons (Fsp3) is 0.562. The van der Waals surface area contributed by atoms with E-state index in [0.717, 1.165) is 18.5 Å². The van der Waals surface area contributed by atoms with Gasteiger partial charge in [-0.1, -0.05) is 37.3 Å². The van der Waals surface area contributed by atoms with E-state index < -0.39 is 11.4 Å². The van der Waals surface area contributed by atoms with Crippen LogP contribution in [0.4, 0.5) is 0 Å². The second-order valence-corrected chi connectivity index (χ2v) is 6.03. The molecule has 110 valence electrons. The number of benzene rings is 1. The van der Waals surface area contributed by atoms with Crippen molar-refractivity contribution in [2.24, 2.45) is 17.4 Å². The Hall–Kier alpha value is -1.39. The molecule has 4 N–H and O–H groups in total. The van der Waals surface area contributed by atoms with Gasteiger partial charge in [0.1, 0.15) is 5.54 Å². The summed E-state index contributed by atoms with van der Waals surface area (Å²) in [6, 6.07) is 9.88. The molecule has 3 unspecified atom stereocenters. The number of nitrogens with two attached hydrogens (primary N) is 2. The summed E-state index contributed by atoms with van der Waals surface area (Å²) in [5, 5.41) is 0. The maximum Gasteiger partial charge on any atom is 0.243 e. The number of hydrogen-bond acceptors (Lipinski definition) is 3. The van der Waals surface area contributed by atoms with Gasteiger partial charge in [-0.2, -0.15) is 0 Å². The Bertz CT molecular complexity index is 462. The molecule has 1 aromatic rings. The van der Waals surface area contributed by atoms with E-state index in [9.17, 15) is 4.79 Å². The fourth-order valence-electron chi connectivity index (χ4n) is 3.01. The Morgan fingerprint density at radius 1 is 1.35 bits per heavy atom. The summed E-state index contributed by atoms with van der Waals surface area (Å²) in [6.45, 7) is 5.92. The fourth-order valence-corrected chi connectivity index (χ4v) is 3.01. The molecule has 20 heavy (non-hydrogen) atoms. The van der Waals surface area contributed by atoms with Crippen LogP contribution >= 0.6 is 0 Å². The highest BCUT2D eigenvalue weighted by Gasteiger charge is 2.38. The highest BCUT2D eigenvalue weighted by molar-refractivity contribution is 5.86. The number of hydrogen-bond donors (Lipinski definition) is 2. The Kier molecular flexibility index (Phi) is 4.45. The van der Waals surface area contributed by atoms with Crippen LogP contribution in [0, 0.1) is 5.92 Å². The van der Waals surface area contributed by atoms with Gasteiger partial charge in [-0.25, -0.2) is 0 Å². The Morgan fingerprint density at radius 3 is 2.60 bits per heavy atom. The van der Waals surface area contributed by atoms with E-state index in [0.29, 0.717) is 18.5 Å². The average molecular weight is 275 g/mol. The van der Waals surface area contributed by atoms with Gasteiger partial charge in [0.25, 0.3) is 0 Å². The molecular weight excluding hydrogens is 250 g/mol. The molecule has 1 aliphatic rings. The summed E-state index contributed by atoms with van der Waals surface area (Å²) in [4.78, 5) is 14.3. The van der Waals surface area contributed by atoms with Gasteiger partial charge in [0, 0.05) is 12.6 Å². The van der Waals surface area contributed by atoms with E-state index in [1.807, 2.05) is 30.3 Å². The van der Waals surface area contributed by atoms with Gasteiger partial charge in [-0.15, -0.1) is 0 Å². The lowest BCUT2D eigenvalue weighted by atomic mass is 9.86. The van der Waals surface area contributed by atoms with Crippen molar-refractivity contribution in [1.82, 2.24) is 4.90 Å². The van der Waals surface area contributed by atoms with Crippen molar-refractivity contribution in [3.8, 4) is 0 Å². The van der Waals surface area contributed by atoms with Crippen molar-refractivity contribution in [1.29, 1.82) is 0 Å². The number of nitrogens with zero attached hydrogens (tertiary/aromatic N) is 1. The lowest BCUT2D eigenvalue weighted by Crippen LogP contribution is -2.59. The summed E-state index contributed by atoms with van der Waals surface area (Å²) in [5.41, 5.74) is 11.7. The molecule has 3 atom stereocenters. The van der Waals surface area contributed by atoms with Gasteiger partial charge in [0.2, 0.25) is 5.91 Å². The summed E-state index contributed by atoms with van der Waals surface area (Å²) in [7, 11) is 0. The SMILES string of the molecule is CC1CCCN(CC(N)(C(N)=O)c2ccccc2)C1C. The van der Waals surface area contributed by atoms with Gasteiger partial charge in [0.15, 0.2) is 0 Å². The van der Waals surface area contributed by atoms with Crippen molar-refractivity contribution < 1.29 is 4.79 Å². The number of carbonyl (C=O) groups excluding carboxylic acids is 1. The number of primary amides is 1. The number of piperidine rings is 1. The first-order chi connectivity index (χ1) is 9.45. The van der Waals surface area contributed by atoms with Crippen LogP contribution in [-0.2, 0) is 10.3 Å². The molecule has 0 radical (unpaired) electrons. The second kappa shape index (κ2) is 5.94. The summed E-state index contributed by atoms with van der Waals surface area (Å²) < 4.78 is 0. The monoisotopic (exact) mass is 275 g/mol. The predicted octanol–water partition coefficient (Wildman–Crippen LogP) is 1.45. The molecule has 0 spiro atoms. The Balaban J connectivity index is 2.24. The zero-order valence-electron chi connectivity index (χ0n) is 12.4. The summed E-state index contributed by atoms with van der Waals surface area (Å²) in [5.74, 6) is 0.158. The van der Waals surface area contributed by atoms with Gasteiger partial charge in [0.05, 0.1) is 0 Å². The third kappa shape index (κ3) is 2.86. The highest BCUT2D eigenvalue weighted by Crippen LogP contribution is 2.27. The molecule has 0 saturated carbocycles. The second-order valence-electron chi connectivity index (χ2n) is 6.03. The molecule has 0 aromatic heterocycles. The molecule has 1 aliphatic heterocycles. The molecule has 1 heterocycles. The highest BCUT2D eigenvalue weighted by atomic mass is 16.1. The van der Waals surface area contributed by atoms with Crippen LogP contribution in [-0.4, -0.2) is 29.9 Å². The molecule has 4 heteroatoms.